The summed E-state index contributed by atoms with van der Waals surface area (Å²) >= 11 is 0. The fourth-order valence-corrected chi connectivity index (χ4v) is 4.11. The zero-order valence-corrected chi connectivity index (χ0v) is 13.1. The number of aromatic nitrogens is 1. The largest absolute Gasteiger partial charge is 0.393 e. The molecule has 1 saturated carbocycles. The highest BCUT2D eigenvalue weighted by Crippen LogP contribution is 2.38. The zero-order chi connectivity index (χ0) is 16.4. The molecule has 0 amide bonds. The number of aliphatic hydroxyl groups excluding tert-OH is 1. The summed E-state index contributed by atoms with van der Waals surface area (Å²) in [6.07, 6.45) is 2.13. The fraction of sp³-hybridized carbons (Fsp3) is 0.312. The van der Waals surface area contributed by atoms with Gasteiger partial charge in [-0.2, -0.15) is 0 Å². The molecule has 1 heterocycles. The van der Waals surface area contributed by atoms with Crippen LogP contribution in [0, 0.1) is 11.7 Å². The van der Waals surface area contributed by atoms with Gasteiger partial charge in [0, 0.05) is 6.20 Å². The highest BCUT2D eigenvalue weighted by atomic mass is 32.2. The van der Waals surface area contributed by atoms with E-state index in [1.165, 1.54) is 18.2 Å². The molecule has 5 nitrogen and oxygen atoms in total. The van der Waals surface area contributed by atoms with Gasteiger partial charge in [0.2, 0.25) is 10.0 Å². The van der Waals surface area contributed by atoms with Crippen molar-refractivity contribution in [2.45, 2.75) is 29.9 Å². The first-order valence-electron chi connectivity index (χ1n) is 7.33. The van der Waals surface area contributed by atoms with Gasteiger partial charge < -0.3 is 5.11 Å². The molecular formula is C16H17FN2O3S. The second-order valence-electron chi connectivity index (χ2n) is 5.67. The smallest absolute Gasteiger partial charge is 0.244 e. The number of nitrogens with one attached hydrogen (secondary N) is 1. The number of halogens is 1. The molecule has 1 aliphatic carbocycles. The van der Waals surface area contributed by atoms with Gasteiger partial charge in [-0.1, -0.05) is 18.2 Å². The average Bonchev–Trinajstić information content (AvgIpc) is 2.51. The van der Waals surface area contributed by atoms with Gasteiger partial charge in [0.05, 0.1) is 17.8 Å². The zero-order valence-electron chi connectivity index (χ0n) is 12.3. The Morgan fingerprint density at radius 2 is 1.87 bits per heavy atom. The number of benzene rings is 1. The molecule has 1 fully saturated rings. The molecule has 0 bridgehead atoms. The topological polar surface area (TPSA) is 79.3 Å². The Bertz CT molecular complexity index is 777. The standard InChI is InChI=1S/C16H17FN2O3S/c17-13-5-1-2-7-15(13)23(21,22)19-16(11-9-12(20)10-11)14-6-3-4-8-18-14/h1-8,11-12,16,19-20H,9-10H2. The second-order valence-corrected chi connectivity index (χ2v) is 7.35. The van der Waals surface area contributed by atoms with E-state index >= 15 is 0 Å². The van der Waals surface area contributed by atoms with Crippen LogP contribution in [0.3, 0.4) is 0 Å². The van der Waals surface area contributed by atoms with Crippen LogP contribution < -0.4 is 4.72 Å². The first-order chi connectivity index (χ1) is 11.0. The lowest BCUT2D eigenvalue weighted by molar-refractivity contribution is 0.0273. The van der Waals surface area contributed by atoms with E-state index in [-0.39, 0.29) is 10.8 Å². The van der Waals surface area contributed by atoms with Crippen LogP contribution in [-0.4, -0.2) is 24.6 Å². The van der Waals surface area contributed by atoms with Gasteiger partial charge in [-0.3, -0.25) is 4.98 Å². The van der Waals surface area contributed by atoms with Gasteiger partial charge in [0.25, 0.3) is 0 Å². The molecule has 2 aromatic rings. The summed E-state index contributed by atoms with van der Waals surface area (Å²) in [6.45, 7) is 0. The van der Waals surface area contributed by atoms with Gasteiger partial charge in [-0.05, 0) is 43.0 Å². The van der Waals surface area contributed by atoms with Crippen LogP contribution in [0.25, 0.3) is 0 Å². The molecule has 1 atom stereocenters. The molecule has 1 unspecified atom stereocenters. The summed E-state index contributed by atoms with van der Waals surface area (Å²) in [5.41, 5.74) is 0.560. The molecule has 0 radical (unpaired) electrons. The van der Waals surface area contributed by atoms with Crippen molar-refractivity contribution in [3.63, 3.8) is 0 Å². The van der Waals surface area contributed by atoms with E-state index in [4.69, 9.17) is 0 Å². The number of pyridine rings is 1. The molecule has 1 aromatic carbocycles. The predicted octanol–water partition coefficient (Wildman–Crippen LogP) is 2.01. The molecule has 122 valence electrons. The first kappa shape index (κ1) is 16.0. The number of nitrogens with zero attached hydrogens (tertiary/aromatic N) is 1. The van der Waals surface area contributed by atoms with Crippen LogP contribution in [0.2, 0.25) is 0 Å². The van der Waals surface area contributed by atoms with Crippen LogP contribution in [0.1, 0.15) is 24.6 Å². The van der Waals surface area contributed by atoms with Gasteiger partial charge in [0.1, 0.15) is 10.7 Å². The van der Waals surface area contributed by atoms with E-state index in [1.807, 2.05) is 0 Å². The van der Waals surface area contributed by atoms with Crippen molar-refractivity contribution in [2.24, 2.45) is 5.92 Å². The Hall–Kier alpha value is -1.83. The summed E-state index contributed by atoms with van der Waals surface area (Å²) in [4.78, 5) is 3.82. The Balaban J connectivity index is 1.91. The third-order valence-corrected chi connectivity index (χ3v) is 5.51. The van der Waals surface area contributed by atoms with Gasteiger partial charge in [-0.25, -0.2) is 17.5 Å². The maximum atomic E-state index is 13.8. The molecule has 2 N–H and O–H groups in total. The van der Waals surface area contributed by atoms with Crippen molar-refractivity contribution in [3.05, 3.63) is 60.2 Å². The van der Waals surface area contributed by atoms with E-state index in [1.54, 1.807) is 24.4 Å². The first-order valence-corrected chi connectivity index (χ1v) is 8.81. The Morgan fingerprint density at radius 3 is 2.48 bits per heavy atom. The van der Waals surface area contributed by atoms with E-state index in [2.05, 4.69) is 9.71 Å². The molecule has 3 rings (SSSR count). The normalized spacial score (nSPS) is 22.3. The van der Waals surface area contributed by atoms with Crippen LogP contribution in [0.15, 0.2) is 53.6 Å². The third kappa shape index (κ3) is 3.41. The minimum absolute atomic E-state index is 0.0681. The lowest BCUT2D eigenvalue weighted by Crippen LogP contribution is -2.41. The Labute approximate surface area is 134 Å². The molecule has 0 aliphatic heterocycles. The van der Waals surface area contributed by atoms with Crippen LogP contribution in [0.4, 0.5) is 4.39 Å². The highest BCUT2D eigenvalue weighted by molar-refractivity contribution is 7.89. The lowest BCUT2D eigenvalue weighted by atomic mass is 9.76. The van der Waals surface area contributed by atoms with Crippen LogP contribution in [-0.2, 0) is 10.0 Å². The number of sulfonamides is 1. The lowest BCUT2D eigenvalue weighted by Gasteiger charge is -2.37. The van der Waals surface area contributed by atoms with Crippen molar-refractivity contribution in [3.8, 4) is 0 Å². The fourth-order valence-electron chi connectivity index (χ4n) is 2.75. The summed E-state index contributed by atoms with van der Waals surface area (Å²) in [5, 5.41) is 9.52. The van der Waals surface area contributed by atoms with Crippen molar-refractivity contribution >= 4 is 10.0 Å². The van der Waals surface area contributed by atoms with Gasteiger partial charge >= 0.3 is 0 Å². The highest BCUT2D eigenvalue weighted by Gasteiger charge is 2.38. The van der Waals surface area contributed by atoms with Crippen LogP contribution >= 0.6 is 0 Å². The number of aliphatic hydroxyl groups is 1. The van der Waals surface area contributed by atoms with Crippen molar-refractivity contribution in [1.82, 2.24) is 9.71 Å². The summed E-state index contributed by atoms with van der Waals surface area (Å²) < 4.78 is 41.4. The van der Waals surface area contributed by atoms with E-state index in [0.29, 0.717) is 18.5 Å². The molecule has 23 heavy (non-hydrogen) atoms. The molecule has 0 saturated heterocycles. The molecule has 0 spiro atoms. The summed E-state index contributed by atoms with van der Waals surface area (Å²) in [5.74, 6) is -0.866. The Morgan fingerprint density at radius 1 is 1.17 bits per heavy atom. The molecular weight excluding hydrogens is 319 g/mol. The quantitative estimate of drug-likeness (QED) is 0.875. The summed E-state index contributed by atoms with van der Waals surface area (Å²) in [7, 11) is -4.02. The van der Waals surface area contributed by atoms with Crippen molar-refractivity contribution < 1.29 is 17.9 Å². The average molecular weight is 336 g/mol. The van der Waals surface area contributed by atoms with E-state index in [9.17, 15) is 17.9 Å². The number of rotatable bonds is 5. The Kier molecular flexibility index (Phi) is 4.43. The predicted molar refractivity (Wildman–Crippen MR) is 82.4 cm³/mol. The van der Waals surface area contributed by atoms with Crippen LogP contribution in [0.5, 0.6) is 0 Å². The maximum Gasteiger partial charge on any atom is 0.244 e. The monoisotopic (exact) mass is 336 g/mol. The number of hydrogen-bond donors (Lipinski definition) is 2. The molecule has 1 aliphatic rings. The van der Waals surface area contributed by atoms with Crippen molar-refractivity contribution in [2.75, 3.05) is 0 Å². The second kappa shape index (κ2) is 6.35. The van der Waals surface area contributed by atoms with Gasteiger partial charge in [0.15, 0.2) is 0 Å². The number of hydrogen-bond acceptors (Lipinski definition) is 4. The van der Waals surface area contributed by atoms with Crippen molar-refractivity contribution in [1.29, 1.82) is 0 Å². The minimum atomic E-state index is -4.02. The molecule has 1 aromatic heterocycles. The van der Waals surface area contributed by atoms with Gasteiger partial charge in [-0.15, -0.1) is 0 Å². The third-order valence-electron chi connectivity index (χ3n) is 4.04. The SMILES string of the molecule is O=S(=O)(NC(c1ccccn1)C1CC(O)C1)c1ccccc1F. The molecule has 7 heteroatoms. The van der Waals surface area contributed by atoms with E-state index < -0.39 is 28.0 Å². The maximum absolute atomic E-state index is 13.8. The van der Waals surface area contributed by atoms with E-state index in [0.717, 1.165) is 6.07 Å². The summed E-state index contributed by atoms with van der Waals surface area (Å²) in [6, 6.07) is 9.88. The minimum Gasteiger partial charge on any atom is -0.393 e.